The van der Waals surface area contributed by atoms with Crippen molar-refractivity contribution in [3.63, 3.8) is 0 Å². The maximum absolute atomic E-state index is 11.5. The summed E-state index contributed by atoms with van der Waals surface area (Å²) in [5.74, 6) is 0.0137. The number of halogens is 1. The van der Waals surface area contributed by atoms with Gasteiger partial charge in [-0.15, -0.1) is 0 Å². The second kappa shape index (κ2) is 6.60. The molecule has 1 N–H and O–H groups in total. The molecule has 0 aromatic rings. The van der Waals surface area contributed by atoms with Crippen molar-refractivity contribution in [1.82, 2.24) is 5.32 Å². The maximum Gasteiger partial charge on any atom is 0.236 e. The Balaban J connectivity index is 2.05. The Morgan fingerprint density at radius 1 is 1.38 bits per heavy atom. The number of carbonyl (C=O) groups excluding carboxylic acids is 1. The van der Waals surface area contributed by atoms with Gasteiger partial charge in [-0.1, -0.05) is 35.2 Å². The summed E-state index contributed by atoms with van der Waals surface area (Å²) in [5, 5.41) is 2.85. The van der Waals surface area contributed by atoms with Gasteiger partial charge in [0.05, 0.1) is 17.0 Å². The van der Waals surface area contributed by atoms with Gasteiger partial charge in [0.1, 0.15) is 0 Å². The van der Waals surface area contributed by atoms with Gasteiger partial charge in [-0.2, -0.15) is 0 Å². The SMILES string of the molecule is CC(C)(Br)C(=O)NCCOC1CCCCC1. The molecule has 0 bridgehead atoms. The molecule has 0 atom stereocenters. The van der Waals surface area contributed by atoms with E-state index < -0.39 is 4.32 Å². The van der Waals surface area contributed by atoms with E-state index in [0.29, 0.717) is 19.3 Å². The first kappa shape index (κ1) is 14.0. The summed E-state index contributed by atoms with van der Waals surface area (Å²) < 4.78 is 5.23. The molecule has 0 heterocycles. The van der Waals surface area contributed by atoms with Gasteiger partial charge in [0, 0.05) is 6.54 Å². The molecule has 0 unspecified atom stereocenters. The third-order valence-electron chi connectivity index (χ3n) is 2.83. The highest BCUT2D eigenvalue weighted by atomic mass is 79.9. The topological polar surface area (TPSA) is 38.3 Å². The molecule has 1 saturated carbocycles. The van der Waals surface area contributed by atoms with Crippen molar-refractivity contribution in [2.45, 2.75) is 56.4 Å². The lowest BCUT2D eigenvalue weighted by Crippen LogP contribution is -2.39. The fraction of sp³-hybridized carbons (Fsp3) is 0.917. The molecule has 1 fully saturated rings. The van der Waals surface area contributed by atoms with Gasteiger partial charge in [-0.3, -0.25) is 4.79 Å². The minimum atomic E-state index is -0.488. The molecule has 3 nitrogen and oxygen atoms in total. The van der Waals surface area contributed by atoms with Crippen molar-refractivity contribution in [2.75, 3.05) is 13.2 Å². The summed E-state index contributed by atoms with van der Waals surface area (Å²) in [6.07, 6.45) is 6.68. The van der Waals surface area contributed by atoms with Crippen molar-refractivity contribution in [2.24, 2.45) is 0 Å². The van der Waals surface area contributed by atoms with E-state index in [0.717, 1.165) is 0 Å². The van der Waals surface area contributed by atoms with Gasteiger partial charge in [-0.25, -0.2) is 0 Å². The number of rotatable bonds is 5. The van der Waals surface area contributed by atoms with Gasteiger partial charge in [0.25, 0.3) is 0 Å². The lowest BCUT2D eigenvalue weighted by atomic mass is 9.98. The van der Waals surface area contributed by atoms with Gasteiger partial charge >= 0.3 is 0 Å². The summed E-state index contributed by atoms with van der Waals surface area (Å²) >= 11 is 3.32. The van der Waals surface area contributed by atoms with E-state index >= 15 is 0 Å². The van der Waals surface area contributed by atoms with Crippen LogP contribution in [0.15, 0.2) is 0 Å². The minimum Gasteiger partial charge on any atom is -0.376 e. The predicted molar refractivity (Wildman–Crippen MR) is 68.8 cm³/mol. The molecular formula is C12H22BrNO2. The number of nitrogens with one attached hydrogen (secondary N) is 1. The van der Waals surface area contributed by atoms with Crippen LogP contribution >= 0.6 is 15.9 Å². The second-order valence-corrected chi connectivity index (χ2v) is 6.84. The van der Waals surface area contributed by atoms with E-state index in [2.05, 4.69) is 21.2 Å². The summed E-state index contributed by atoms with van der Waals surface area (Å²) in [5.41, 5.74) is 0. The van der Waals surface area contributed by atoms with Crippen LogP contribution in [0.5, 0.6) is 0 Å². The Morgan fingerprint density at radius 3 is 2.56 bits per heavy atom. The molecule has 4 heteroatoms. The third-order valence-corrected chi connectivity index (χ3v) is 3.19. The zero-order valence-electron chi connectivity index (χ0n) is 10.2. The number of amides is 1. The average Bonchev–Trinajstić information content (AvgIpc) is 2.24. The first-order valence-electron chi connectivity index (χ1n) is 6.09. The predicted octanol–water partition coefficient (Wildman–Crippen LogP) is 2.63. The van der Waals surface area contributed by atoms with Crippen LogP contribution in [0.3, 0.4) is 0 Å². The molecule has 1 aliphatic rings. The van der Waals surface area contributed by atoms with Crippen LogP contribution in [0.4, 0.5) is 0 Å². The van der Waals surface area contributed by atoms with Crippen molar-refractivity contribution in [3.05, 3.63) is 0 Å². The van der Waals surface area contributed by atoms with Gasteiger partial charge in [0.2, 0.25) is 5.91 Å². The molecule has 0 spiro atoms. The Morgan fingerprint density at radius 2 is 2.00 bits per heavy atom. The molecule has 0 aromatic heterocycles. The van der Waals surface area contributed by atoms with Crippen molar-refractivity contribution < 1.29 is 9.53 Å². The highest BCUT2D eigenvalue weighted by Gasteiger charge is 2.22. The molecule has 0 radical (unpaired) electrons. The molecule has 0 saturated heterocycles. The Kier molecular flexibility index (Phi) is 5.76. The van der Waals surface area contributed by atoms with E-state index in [1.165, 1.54) is 32.1 Å². The summed E-state index contributed by atoms with van der Waals surface area (Å²) in [6.45, 7) is 4.90. The fourth-order valence-electron chi connectivity index (χ4n) is 1.83. The van der Waals surface area contributed by atoms with Crippen LogP contribution in [0.1, 0.15) is 46.0 Å². The summed E-state index contributed by atoms with van der Waals surface area (Å²) in [7, 11) is 0. The number of hydrogen-bond donors (Lipinski definition) is 1. The van der Waals surface area contributed by atoms with E-state index in [-0.39, 0.29) is 5.91 Å². The zero-order valence-corrected chi connectivity index (χ0v) is 11.8. The van der Waals surface area contributed by atoms with Gasteiger partial charge < -0.3 is 10.1 Å². The lowest BCUT2D eigenvalue weighted by Gasteiger charge is -2.22. The number of alkyl halides is 1. The molecule has 16 heavy (non-hydrogen) atoms. The molecule has 1 rings (SSSR count). The van der Waals surface area contributed by atoms with Gasteiger partial charge in [0.15, 0.2) is 0 Å². The Bertz CT molecular complexity index is 220. The maximum atomic E-state index is 11.5. The second-order valence-electron chi connectivity index (χ2n) is 4.86. The first-order chi connectivity index (χ1) is 7.50. The third kappa shape index (κ3) is 5.30. The highest BCUT2D eigenvalue weighted by Crippen LogP contribution is 2.20. The molecular weight excluding hydrogens is 270 g/mol. The minimum absolute atomic E-state index is 0.0137. The van der Waals surface area contributed by atoms with E-state index in [1.807, 2.05) is 13.8 Å². The molecule has 0 aliphatic heterocycles. The number of carbonyl (C=O) groups is 1. The lowest BCUT2D eigenvalue weighted by molar-refractivity contribution is -0.122. The normalized spacial score (nSPS) is 18.4. The van der Waals surface area contributed by atoms with E-state index in [1.54, 1.807) is 0 Å². The van der Waals surface area contributed by atoms with Crippen LogP contribution in [0.2, 0.25) is 0 Å². The monoisotopic (exact) mass is 291 g/mol. The van der Waals surface area contributed by atoms with Crippen LogP contribution in [-0.4, -0.2) is 29.5 Å². The van der Waals surface area contributed by atoms with Crippen LogP contribution in [0, 0.1) is 0 Å². The van der Waals surface area contributed by atoms with Crippen LogP contribution < -0.4 is 5.32 Å². The average molecular weight is 292 g/mol. The summed E-state index contributed by atoms with van der Waals surface area (Å²) in [6, 6.07) is 0. The van der Waals surface area contributed by atoms with Crippen LogP contribution in [0.25, 0.3) is 0 Å². The summed E-state index contributed by atoms with van der Waals surface area (Å²) in [4.78, 5) is 11.5. The van der Waals surface area contributed by atoms with Crippen molar-refractivity contribution in [3.8, 4) is 0 Å². The quantitative estimate of drug-likeness (QED) is 0.625. The zero-order chi connectivity index (χ0) is 12.0. The largest absolute Gasteiger partial charge is 0.376 e. The van der Waals surface area contributed by atoms with Crippen LogP contribution in [-0.2, 0) is 9.53 Å². The highest BCUT2D eigenvalue weighted by molar-refractivity contribution is 9.10. The first-order valence-corrected chi connectivity index (χ1v) is 6.88. The standard InChI is InChI=1S/C12H22BrNO2/c1-12(2,13)11(15)14-8-9-16-10-6-4-3-5-7-10/h10H,3-9H2,1-2H3,(H,14,15). The number of ether oxygens (including phenoxy) is 1. The van der Waals surface area contributed by atoms with Crippen molar-refractivity contribution >= 4 is 21.8 Å². The van der Waals surface area contributed by atoms with Crippen molar-refractivity contribution in [1.29, 1.82) is 0 Å². The van der Waals surface area contributed by atoms with E-state index in [4.69, 9.17) is 4.74 Å². The Labute approximate surface area is 106 Å². The van der Waals surface area contributed by atoms with E-state index in [9.17, 15) is 4.79 Å². The Hall–Kier alpha value is -0.0900. The molecule has 1 amide bonds. The smallest absolute Gasteiger partial charge is 0.236 e. The number of hydrogen-bond acceptors (Lipinski definition) is 2. The van der Waals surface area contributed by atoms with Gasteiger partial charge in [-0.05, 0) is 26.7 Å². The fourth-order valence-corrected chi connectivity index (χ4v) is 1.97. The molecule has 0 aromatic carbocycles. The molecule has 94 valence electrons. The molecule has 1 aliphatic carbocycles.